The van der Waals surface area contributed by atoms with Crippen molar-refractivity contribution in [2.24, 2.45) is 5.84 Å². The molecule has 0 amide bonds. The standard InChI is InChI=1S/C12H12Cl2N2O/c1-7-2-3-8(6-9(7)13)12(16-15)10-4-5-11(14)17-10/h2-6,12,16H,15H2,1H3. The first-order valence-electron chi connectivity index (χ1n) is 5.09. The molecule has 0 aliphatic rings. The average molecular weight is 271 g/mol. The van der Waals surface area contributed by atoms with Crippen LogP contribution in [0.2, 0.25) is 10.2 Å². The zero-order valence-electron chi connectivity index (χ0n) is 9.21. The number of furan rings is 1. The summed E-state index contributed by atoms with van der Waals surface area (Å²) in [4.78, 5) is 0. The van der Waals surface area contributed by atoms with Gasteiger partial charge in [0.25, 0.3) is 0 Å². The lowest BCUT2D eigenvalue weighted by Crippen LogP contribution is -2.28. The molecular weight excluding hydrogens is 259 g/mol. The van der Waals surface area contributed by atoms with Crippen molar-refractivity contribution in [3.05, 3.63) is 57.5 Å². The number of hydrazine groups is 1. The van der Waals surface area contributed by atoms with Gasteiger partial charge in [0, 0.05) is 5.02 Å². The highest BCUT2D eigenvalue weighted by Crippen LogP contribution is 2.28. The summed E-state index contributed by atoms with van der Waals surface area (Å²) in [7, 11) is 0. The third-order valence-electron chi connectivity index (χ3n) is 2.57. The molecule has 2 aromatic rings. The van der Waals surface area contributed by atoms with E-state index in [2.05, 4.69) is 5.43 Å². The molecule has 3 N–H and O–H groups in total. The van der Waals surface area contributed by atoms with Crippen molar-refractivity contribution in [3.63, 3.8) is 0 Å². The van der Waals surface area contributed by atoms with Gasteiger partial charge in [0.15, 0.2) is 5.22 Å². The largest absolute Gasteiger partial charge is 0.448 e. The van der Waals surface area contributed by atoms with E-state index in [1.54, 1.807) is 12.1 Å². The fourth-order valence-corrected chi connectivity index (χ4v) is 1.96. The third kappa shape index (κ3) is 2.64. The van der Waals surface area contributed by atoms with E-state index in [0.29, 0.717) is 16.0 Å². The SMILES string of the molecule is Cc1ccc(C(NN)c2ccc(Cl)o2)cc1Cl. The lowest BCUT2D eigenvalue weighted by atomic mass is 10.0. The van der Waals surface area contributed by atoms with Crippen LogP contribution in [0.3, 0.4) is 0 Å². The fraction of sp³-hybridized carbons (Fsp3) is 0.167. The lowest BCUT2D eigenvalue weighted by molar-refractivity contribution is 0.453. The number of benzene rings is 1. The maximum Gasteiger partial charge on any atom is 0.193 e. The molecule has 0 saturated carbocycles. The first-order chi connectivity index (χ1) is 8.11. The quantitative estimate of drug-likeness (QED) is 0.664. The highest BCUT2D eigenvalue weighted by molar-refractivity contribution is 6.31. The summed E-state index contributed by atoms with van der Waals surface area (Å²) in [5.41, 5.74) is 4.63. The number of halogens is 2. The van der Waals surface area contributed by atoms with Crippen molar-refractivity contribution in [3.8, 4) is 0 Å². The van der Waals surface area contributed by atoms with Gasteiger partial charge in [-0.15, -0.1) is 0 Å². The van der Waals surface area contributed by atoms with Crippen LogP contribution in [0.15, 0.2) is 34.7 Å². The molecule has 0 radical (unpaired) electrons. The zero-order chi connectivity index (χ0) is 12.4. The van der Waals surface area contributed by atoms with Gasteiger partial charge < -0.3 is 4.42 Å². The Bertz CT molecular complexity index is 525. The summed E-state index contributed by atoms with van der Waals surface area (Å²) in [5, 5.41) is 1.03. The van der Waals surface area contributed by atoms with Gasteiger partial charge in [0.2, 0.25) is 0 Å². The topological polar surface area (TPSA) is 51.2 Å². The van der Waals surface area contributed by atoms with Gasteiger partial charge in [-0.25, -0.2) is 5.43 Å². The molecule has 2 rings (SSSR count). The number of hydrogen-bond acceptors (Lipinski definition) is 3. The summed E-state index contributed by atoms with van der Waals surface area (Å²) in [6.45, 7) is 1.95. The predicted octanol–water partition coefficient (Wildman–Crippen LogP) is 3.45. The van der Waals surface area contributed by atoms with E-state index in [0.717, 1.165) is 11.1 Å². The third-order valence-corrected chi connectivity index (χ3v) is 3.18. The second kappa shape index (κ2) is 5.10. The molecule has 1 unspecified atom stereocenters. The number of nitrogens with one attached hydrogen (secondary N) is 1. The Morgan fingerprint density at radius 2 is 2.00 bits per heavy atom. The molecule has 1 atom stereocenters. The number of hydrogen-bond donors (Lipinski definition) is 2. The molecule has 0 bridgehead atoms. The highest BCUT2D eigenvalue weighted by Gasteiger charge is 2.16. The van der Waals surface area contributed by atoms with Crippen molar-refractivity contribution < 1.29 is 4.42 Å². The molecule has 5 heteroatoms. The summed E-state index contributed by atoms with van der Waals surface area (Å²) < 4.78 is 5.34. The van der Waals surface area contributed by atoms with Crippen molar-refractivity contribution in [1.29, 1.82) is 0 Å². The molecule has 1 aromatic heterocycles. The second-order valence-electron chi connectivity index (χ2n) is 3.75. The molecule has 90 valence electrons. The van der Waals surface area contributed by atoms with Crippen molar-refractivity contribution >= 4 is 23.2 Å². The summed E-state index contributed by atoms with van der Waals surface area (Å²) >= 11 is 11.8. The first kappa shape index (κ1) is 12.5. The number of nitrogens with two attached hydrogens (primary N) is 1. The molecule has 17 heavy (non-hydrogen) atoms. The van der Waals surface area contributed by atoms with Crippen LogP contribution in [0.4, 0.5) is 0 Å². The second-order valence-corrected chi connectivity index (χ2v) is 4.53. The maximum absolute atomic E-state index is 6.08. The Hall–Kier alpha value is -1.00. The maximum atomic E-state index is 6.08. The molecule has 0 aliphatic carbocycles. The summed E-state index contributed by atoms with van der Waals surface area (Å²) in [5.74, 6) is 6.19. The van der Waals surface area contributed by atoms with Crippen LogP contribution in [0.1, 0.15) is 22.9 Å². The predicted molar refractivity (Wildman–Crippen MR) is 69.1 cm³/mol. The minimum absolute atomic E-state index is 0.263. The van der Waals surface area contributed by atoms with E-state index in [1.165, 1.54) is 0 Å². The van der Waals surface area contributed by atoms with Gasteiger partial charge in [-0.2, -0.15) is 0 Å². The smallest absolute Gasteiger partial charge is 0.193 e. The molecule has 0 spiro atoms. The van der Waals surface area contributed by atoms with Gasteiger partial charge in [-0.05, 0) is 47.9 Å². The number of rotatable bonds is 3. The molecule has 0 aliphatic heterocycles. The lowest BCUT2D eigenvalue weighted by Gasteiger charge is -2.14. The normalized spacial score (nSPS) is 12.7. The van der Waals surface area contributed by atoms with Crippen LogP contribution < -0.4 is 11.3 Å². The summed E-state index contributed by atoms with van der Waals surface area (Å²) in [6, 6.07) is 8.94. The van der Waals surface area contributed by atoms with E-state index >= 15 is 0 Å². The van der Waals surface area contributed by atoms with Crippen LogP contribution in [0.5, 0.6) is 0 Å². The van der Waals surface area contributed by atoms with Gasteiger partial charge in [0.1, 0.15) is 11.8 Å². The molecule has 0 saturated heterocycles. The molecule has 1 heterocycles. The Morgan fingerprint density at radius 1 is 1.24 bits per heavy atom. The van der Waals surface area contributed by atoms with E-state index in [1.807, 2.05) is 25.1 Å². The Kier molecular flexibility index (Phi) is 3.74. The first-order valence-corrected chi connectivity index (χ1v) is 5.85. The number of aryl methyl sites for hydroxylation is 1. The van der Waals surface area contributed by atoms with Crippen LogP contribution in [0.25, 0.3) is 0 Å². The van der Waals surface area contributed by atoms with Crippen LogP contribution >= 0.6 is 23.2 Å². The fourth-order valence-electron chi connectivity index (χ4n) is 1.61. The van der Waals surface area contributed by atoms with Gasteiger partial charge in [-0.1, -0.05) is 23.7 Å². The Labute approximate surface area is 109 Å². The van der Waals surface area contributed by atoms with Gasteiger partial charge >= 0.3 is 0 Å². The summed E-state index contributed by atoms with van der Waals surface area (Å²) in [6.07, 6.45) is 0. The molecule has 1 aromatic carbocycles. The van der Waals surface area contributed by atoms with Crippen LogP contribution in [-0.2, 0) is 0 Å². The molecular formula is C12H12Cl2N2O. The van der Waals surface area contributed by atoms with Gasteiger partial charge in [-0.3, -0.25) is 5.84 Å². The van der Waals surface area contributed by atoms with E-state index in [-0.39, 0.29) is 6.04 Å². The zero-order valence-corrected chi connectivity index (χ0v) is 10.7. The monoisotopic (exact) mass is 270 g/mol. The van der Waals surface area contributed by atoms with E-state index < -0.39 is 0 Å². The molecule has 0 fully saturated rings. The minimum Gasteiger partial charge on any atom is -0.448 e. The van der Waals surface area contributed by atoms with Crippen molar-refractivity contribution in [2.45, 2.75) is 13.0 Å². The van der Waals surface area contributed by atoms with Crippen molar-refractivity contribution in [1.82, 2.24) is 5.43 Å². The van der Waals surface area contributed by atoms with Gasteiger partial charge in [0.05, 0.1) is 0 Å². The van der Waals surface area contributed by atoms with Crippen LogP contribution in [-0.4, -0.2) is 0 Å². The van der Waals surface area contributed by atoms with Crippen molar-refractivity contribution in [2.75, 3.05) is 0 Å². The highest BCUT2D eigenvalue weighted by atomic mass is 35.5. The van der Waals surface area contributed by atoms with E-state index in [9.17, 15) is 0 Å². The Morgan fingerprint density at radius 3 is 2.53 bits per heavy atom. The van der Waals surface area contributed by atoms with E-state index in [4.69, 9.17) is 33.5 Å². The molecule has 3 nitrogen and oxygen atoms in total. The van der Waals surface area contributed by atoms with Crippen LogP contribution in [0, 0.1) is 6.92 Å². The Balaban J connectivity index is 2.38. The average Bonchev–Trinajstić information content (AvgIpc) is 2.71. The minimum atomic E-state index is -0.263.